The van der Waals surface area contributed by atoms with Gasteiger partial charge in [0.15, 0.2) is 0 Å². The largest absolute Gasteiger partial charge is 0.379 e. The minimum atomic E-state index is 0.631. The fraction of sp³-hybridized carbons (Fsp3) is 1.00. The van der Waals surface area contributed by atoms with Gasteiger partial charge >= 0.3 is 0 Å². The Hall–Kier alpha value is -0.120. The molecule has 2 heterocycles. The smallest absolute Gasteiger partial charge is 0.0598 e. The van der Waals surface area contributed by atoms with Crippen molar-refractivity contribution in [2.24, 2.45) is 0 Å². The van der Waals surface area contributed by atoms with Crippen molar-refractivity contribution >= 4 is 0 Å². The molecule has 2 aliphatic heterocycles. The van der Waals surface area contributed by atoms with E-state index >= 15 is 0 Å². The summed E-state index contributed by atoms with van der Waals surface area (Å²) >= 11 is 0. The molecule has 0 bridgehead atoms. The van der Waals surface area contributed by atoms with Crippen molar-refractivity contribution in [2.75, 3.05) is 32.8 Å². The van der Waals surface area contributed by atoms with Crippen LogP contribution in [-0.2, 0) is 4.74 Å². The molecular weight excluding hydrogens is 164 g/mol. The Morgan fingerprint density at radius 3 is 2.77 bits per heavy atom. The maximum Gasteiger partial charge on any atom is 0.0598 e. The lowest BCUT2D eigenvalue weighted by molar-refractivity contribution is 0.00797. The zero-order valence-electron chi connectivity index (χ0n) is 8.30. The Bertz CT molecular complexity index is 138. The topological polar surface area (TPSA) is 24.5 Å². The van der Waals surface area contributed by atoms with Crippen molar-refractivity contribution < 1.29 is 4.74 Å². The molecule has 2 saturated heterocycles. The SMILES string of the molecule is C1CCNC(N2CCOCC2)CC1. The van der Waals surface area contributed by atoms with Crippen molar-refractivity contribution in [3.8, 4) is 0 Å². The number of nitrogens with one attached hydrogen (secondary N) is 1. The van der Waals surface area contributed by atoms with E-state index in [4.69, 9.17) is 4.74 Å². The number of hydrogen-bond acceptors (Lipinski definition) is 3. The maximum atomic E-state index is 5.35. The molecule has 3 nitrogen and oxygen atoms in total. The molecule has 2 fully saturated rings. The Labute approximate surface area is 80.4 Å². The predicted octanol–water partition coefficient (Wildman–Crippen LogP) is 0.808. The van der Waals surface area contributed by atoms with Gasteiger partial charge in [0.25, 0.3) is 0 Å². The number of nitrogens with zero attached hydrogens (tertiary/aromatic N) is 1. The van der Waals surface area contributed by atoms with Crippen molar-refractivity contribution in [3.05, 3.63) is 0 Å². The van der Waals surface area contributed by atoms with Crippen LogP contribution in [0.1, 0.15) is 25.7 Å². The second-order valence-corrected chi connectivity index (χ2v) is 3.97. The Balaban J connectivity index is 1.82. The summed E-state index contributed by atoms with van der Waals surface area (Å²) in [7, 11) is 0. The highest BCUT2D eigenvalue weighted by atomic mass is 16.5. The molecule has 0 saturated carbocycles. The van der Waals surface area contributed by atoms with Gasteiger partial charge < -0.3 is 10.1 Å². The van der Waals surface area contributed by atoms with E-state index in [-0.39, 0.29) is 0 Å². The molecule has 1 atom stereocenters. The molecule has 3 heteroatoms. The first-order valence-corrected chi connectivity index (χ1v) is 5.52. The van der Waals surface area contributed by atoms with Crippen molar-refractivity contribution in [1.29, 1.82) is 0 Å². The van der Waals surface area contributed by atoms with E-state index in [1.165, 1.54) is 32.2 Å². The van der Waals surface area contributed by atoms with E-state index in [0.717, 1.165) is 26.3 Å². The third-order valence-corrected chi connectivity index (χ3v) is 3.02. The summed E-state index contributed by atoms with van der Waals surface area (Å²) in [6, 6.07) is 0. The van der Waals surface area contributed by atoms with Gasteiger partial charge in [-0.25, -0.2) is 0 Å². The van der Waals surface area contributed by atoms with E-state index < -0.39 is 0 Å². The highest BCUT2D eigenvalue weighted by molar-refractivity contribution is 4.74. The molecule has 13 heavy (non-hydrogen) atoms. The number of morpholine rings is 1. The lowest BCUT2D eigenvalue weighted by Gasteiger charge is -2.34. The molecule has 0 amide bonds. The molecule has 1 N–H and O–H groups in total. The highest BCUT2D eigenvalue weighted by Crippen LogP contribution is 2.13. The summed E-state index contributed by atoms with van der Waals surface area (Å²) in [5.74, 6) is 0. The molecule has 0 aromatic rings. The third-order valence-electron chi connectivity index (χ3n) is 3.02. The molecule has 0 radical (unpaired) electrons. The second kappa shape index (κ2) is 4.94. The monoisotopic (exact) mass is 184 g/mol. The number of rotatable bonds is 1. The summed E-state index contributed by atoms with van der Waals surface area (Å²) in [6.45, 7) is 5.24. The summed E-state index contributed by atoms with van der Waals surface area (Å²) in [6.07, 6.45) is 6.08. The quantitative estimate of drug-likeness (QED) is 0.652. The van der Waals surface area contributed by atoms with Gasteiger partial charge in [-0.1, -0.05) is 12.8 Å². The maximum absolute atomic E-state index is 5.35. The zero-order chi connectivity index (χ0) is 8.93. The van der Waals surface area contributed by atoms with Gasteiger partial charge in [-0.05, 0) is 19.4 Å². The molecule has 0 aromatic carbocycles. The van der Waals surface area contributed by atoms with E-state index in [1.807, 2.05) is 0 Å². The fourth-order valence-corrected chi connectivity index (χ4v) is 2.21. The molecule has 0 aromatic heterocycles. The number of hydrogen-bond donors (Lipinski definition) is 1. The summed E-state index contributed by atoms with van der Waals surface area (Å²) in [4.78, 5) is 2.54. The van der Waals surface area contributed by atoms with Crippen molar-refractivity contribution in [3.63, 3.8) is 0 Å². The average molecular weight is 184 g/mol. The van der Waals surface area contributed by atoms with Gasteiger partial charge in [0.1, 0.15) is 0 Å². The minimum Gasteiger partial charge on any atom is -0.379 e. The standard InChI is InChI=1S/C10H20N2O/c1-2-4-10(11-5-3-1)12-6-8-13-9-7-12/h10-11H,1-9H2. The molecule has 0 spiro atoms. The van der Waals surface area contributed by atoms with Gasteiger partial charge in [0, 0.05) is 13.1 Å². The van der Waals surface area contributed by atoms with Crippen LogP contribution < -0.4 is 5.32 Å². The molecule has 2 rings (SSSR count). The first-order chi connectivity index (χ1) is 6.47. The summed E-state index contributed by atoms with van der Waals surface area (Å²) < 4.78 is 5.35. The lowest BCUT2D eigenvalue weighted by Crippen LogP contribution is -2.50. The average Bonchev–Trinajstić information content (AvgIpc) is 2.47. The third kappa shape index (κ3) is 2.66. The Morgan fingerprint density at radius 1 is 1.08 bits per heavy atom. The van der Waals surface area contributed by atoms with Crippen molar-refractivity contribution in [1.82, 2.24) is 10.2 Å². The normalized spacial score (nSPS) is 32.8. The predicted molar refractivity (Wildman–Crippen MR) is 52.7 cm³/mol. The summed E-state index contributed by atoms with van der Waals surface area (Å²) in [5.41, 5.74) is 0. The number of ether oxygens (including phenoxy) is 1. The molecular formula is C10H20N2O. The summed E-state index contributed by atoms with van der Waals surface area (Å²) in [5, 5.41) is 3.62. The van der Waals surface area contributed by atoms with Crippen LogP contribution in [0.15, 0.2) is 0 Å². The van der Waals surface area contributed by atoms with Gasteiger partial charge in [-0.2, -0.15) is 0 Å². The molecule has 0 aliphatic carbocycles. The van der Waals surface area contributed by atoms with Crippen LogP contribution in [0.3, 0.4) is 0 Å². The van der Waals surface area contributed by atoms with Gasteiger partial charge in [0.2, 0.25) is 0 Å². The van der Waals surface area contributed by atoms with Gasteiger partial charge in [-0.15, -0.1) is 0 Å². The van der Waals surface area contributed by atoms with Gasteiger partial charge in [0.05, 0.1) is 19.4 Å². The van der Waals surface area contributed by atoms with Gasteiger partial charge in [-0.3, -0.25) is 4.90 Å². The fourth-order valence-electron chi connectivity index (χ4n) is 2.21. The molecule has 1 unspecified atom stereocenters. The first-order valence-electron chi connectivity index (χ1n) is 5.52. The van der Waals surface area contributed by atoms with E-state index in [9.17, 15) is 0 Å². The van der Waals surface area contributed by atoms with E-state index in [1.54, 1.807) is 0 Å². The molecule has 2 aliphatic rings. The van der Waals surface area contributed by atoms with Crippen LogP contribution in [0.2, 0.25) is 0 Å². The minimum absolute atomic E-state index is 0.631. The zero-order valence-corrected chi connectivity index (χ0v) is 8.30. The van der Waals surface area contributed by atoms with Crippen LogP contribution in [0.25, 0.3) is 0 Å². The van der Waals surface area contributed by atoms with Crippen LogP contribution >= 0.6 is 0 Å². The second-order valence-electron chi connectivity index (χ2n) is 3.97. The van der Waals surface area contributed by atoms with Crippen LogP contribution in [-0.4, -0.2) is 43.9 Å². The van der Waals surface area contributed by atoms with E-state index in [2.05, 4.69) is 10.2 Å². The Kier molecular flexibility index (Phi) is 3.58. The lowest BCUT2D eigenvalue weighted by atomic mass is 10.2. The van der Waals surface area contributed by atoms with Crippen LogP contribution in [0, 0.1) is 0 Å². The van der Waals surface area contributed by atoms with Crippen LogP contribution in [0.4, 0.5) is 0 Å². The van der Waals surface area contributed by atoms with Crippen LogP contribution in [0.5, 0.6) is 0 Å². The Morgan fingerprint density at radius 2 is 1.92 bits per heavy atom. The molecule has 76 valence electrons. The highest BCUT2D eigenvalue weighted by Gasteiger charge is 2.20. The first kappa shape index (κ1) is 9.44. The van der Waals surface area contributed by atoms with Crippen molar-refractivity contribution in [2.45, 2.75) is 31.8 Å². The van der Waals surface area contributed by atoms with E-state index in [0.29, 0.717) is 6.17 Å².